The molecule has 0 aliphatic carbocycles. The maximum absolute atomic E-state index is 12.9. The number of pyridine rings is 1. The van der Waals surface area contributed by atoms with E-state index in [4.69, 9.17) is 9.47 Å². The van der Waals surface area contributed by atoms with E-state index in [9.17, 15) is 4.79 Å². The number of nitrogens with one attached hydrogen (secondary N) is 2. The molecular formula is C25H30N4O3. The zero-order valence-electron chi connectivity index (χ0n) is 18.8. The predicted octanol–water partition coefficient (Wildman–Crippen LogP) is 3.79. The molecule has 0 unspecified atom stereocenters. The second-order valence-electron chi connectivity index (χ2n) is 8.15. The molecule has 2 aromatic carbocycles. The Labute approximate surface area is 188 Å². The molecule has 1 aliphatic rings. The molecule has 32 heavy (non-hydrogen) atoms. The van der Waals surface area contributed by atoms with Crippen molar-refractivity contribution in [1.82, 2.24) is 15.2 Å². The van der Waals surface area contributed by atoms with E-state index in [2.05, 4.69) is 32.7 Å². The predicted molar refractivity (Wildman–Crippen MR) is 126 cm³/mol. The summed E-state index contributed by atoms with van der Waals surface area (Å²) in [5.74, 6) is 0.983. The van der Waals surface area contributed by atoms with E-state index in [1.54, 1.807) is 14.2 Å². The molecule has 7 heteroatoms. The number of benzene rings is 2. The number of urea groups is 1. The van der Waals surface area contributed by atoms with Crippen LogP contribution >= 0.6 is 0 Å². The van der Waals surface area contributed by atoms with Gasteiger partial charge >= 0.3 is 6.03 Å². The van der Waals surface area contributed by atoms with E-state index >= 15 is 0 Å². The summed E-state index contributed by atoms with van der Waals surface area (Å²) in [6.45, 7) is 5.08. The number of ether oxygens (including phenoxy) is 2. The van der Waals surface area contributed by atoms with E-state index in [1.807, 2.05) is 49.4 Å². The van der Waals surface area contributed by atoms with E-state index in [0.29, 0.717) is 12.3 Å². The largest absolute Gasteiger partial charge is 0.497 e. The van der Waals surface area contributed by atoms with Crippen molar-refractivity contribution < 1.29 is 14.3 Å². The van der Waals surface area contributed by atoms with Gasteiger partial charge in [0, 0.05) is 44.1 Å². The topological polar surface area (TPSA) is 75.7 Å². The van der Waals surface area contributed by atoms with Crippen LogP contribution in [-0.2, 0) is 4.74 Å². The van der Waals surface area contributed by atoms with Crippen LogP contribution in [0.4, 0.5) is 10.5 Å². The lowest BCUT2D eigenvalue weighted by molar-refractivity contribution is 0.159. The summed E-state index contributed by atoms with van der Waals surface area (Å²) >= 11 is 0. The second-order valence-corrected chi connectivity index (χ2v) is 8.15. The Morgan fingerprint density at radius 3 is 2.69 bits per heavy atom. The Hall–Kier alpha value is -3.16. The van der Waals surface area contributed by atoms with Crippen molar-refractivity contribution in [2.75, 3.05) is 45.8 Å². The van der Waals surface area contributed by atoms with Gasteiger partial charge in [-0.3, -0.25) is 9.88 Å². The molecule has 2 N–H and O–H groups in total. The summed E-state index contributed by atoms with van der Waals surface area (Å²) in [6.07, 6.45) is 0. The van der Waals surface area contributed by atoms with Gasteiger partial charge in [-0.1, -0.05) is 30.3 Å². The van der Waals surface area contributed by atoms with Crippen molar-refractivity contribution >= 4 is 22.6 Å². The molecule has 1 aromatic heterocycles. The summed E-state index contributed by atoms with van der Waals surface area (Å²) in [6, 6.07) is 17.8. The van der Waals surface area contributed by atoms with Gasteiger partial charge < -0.3 is 20.1 Å². The third kappa shape index (κ3) is 5.00. The van der Waals surface area contributed by atoms with Crippen LogP contribution in [0.3, 0.4) is 0 Å². The number of aryl methyl sites for hydroxylation is 1. The number of aromatic nitrogens is 1. The number of likely N-dealkylation sites (tertiary alicyclic amines) is 1. The van der Waals surface area contributed by atoms with Crippen molar-refractivity contribution in [3.63, 3.8) is 0 Å². The summed E-state index contributed by atoms with van der Waals surface area (Å²) in [7, 11) is 3.35. The number of carbonyl (C=O) groups is 1. The summed E-state index contributed by atoms with van der Waals surface area (Å²) in [4.78, 5) is 19.9. The minimum absolute atomic E-state index is 0.00670. The van der Waals surface area contributed by atoms with Gasteiger partial charge in [0.2, 0.25) is 0 Å². The number of anilines is 1. The van der Waals surface area contributed by atoms with Gasteiger partial charge in [0.1, 0.15) is 5.75 Å². The quantitative estimate of drug-likeness (QED) is 0.592. The Kier molecular flexibility index (Phi) is 6.87. The summed E-state index contributed by atoms with van der Waals surface area (Å²) in [5, 5.41) is 7.14. The molecule has 3 aromatic rings. The number of hydrogen-bond donors (Lipinski definition) is 2. The lowest BCUT2D eigenvalue weighted by Crippen LogP contribution is -2.42. The van der Waals surface area contributed by atoms with Gasteiger partial charge in [0.15, 0.2) is 0 Å². The number of carbonyl (C=O) groups excluding carboxylic acids is 1. The third-order valence-corrected chi connectivity index (χ3v) is 6.01. The molecule has 2 amide bonds. The number of methoxy groups -OCH3 is 2. The van der Waals surface area contributed by atoms with Crippen molar-refractivity contribution in [3.05, 3.63) is 65.9 Å². The molecule has 2 heterocycles. The van der Waals surface area contributed by atoms with Crippen LogP contribution in [0.5, 0.6) is 5.75 Å². The number of rotatable bonds is 7. The normalized spacial score (nSPS) is 18.6. The first-order valence-electron chi connectivity index (χ1n) is 10.9. The van der Waals surface area contributed by atoms with Crippen LogP contribution in [0.2, 0.25) is 0 Å². The first-order valence-corrected chi connectivity index (χ1v) is 10.9. The van der Waals surface area contributed by atoms with Crippen LogP contribution in [0.1, 0.15) is 17.2 Å². The highest BCUT2D eigenvalue weighted by Gasteiger charge is 2.34. The molecule has 2 atom stereocenters. The zero-order chi connectivity index (χ0) is 22.5. The average Bonchev–Trinajstić information content (AvgIpc) is 3.20. The third-order valence-electron chi connectivity index (χ3n) is 6.01. The lowest BCUT2D eigenvalue weighted by Gasteiger charge is -2.21. The number of amides is 2. The Morgan fingerprint density at radius 2 is 1.94 bits per heavy atom. The van der Waals surface area contributed by atoms with Crippen molar-refractivity contribution in [1.29, 1.82) is 0 Å². The molecule has 4 rings (SSSR count). The molecule has 1 saturated heterocycles. The van der Waals surface area contributed by atoms with Gasteiger partial charge in [-0.15, -0.1) is 0 Å². The van der Waals surface area contributed by atoms with Crippen LogP contribution in [-0.4, -0.2) is 62.4 Å². The van der Waals surface area contributed by atoms with Gasteiger partial charge in [-0.25, -0.2) is 4.79 Å². The highest BCUT2D eigenvalue weighted by atomic mass is 16.5. The van der Waals surface area contributed by atoms with Gasteiger partial charge in [0.05, 0.1) is 36.7 Å². The maximum atomic E-state index is 12.9. The van der Waals surface area contributed by atoms with Crippen LogP contribution < -0.4 is 15.4 Å². The van der Waals surface area contributed by atoms with Crippen LogP contribution in [0.25, 0.3) is 10.9 Å². The number of nitrogens with zero attached hydrogens (tertiary/aromatic N) is 2. The van der Waals surface area contributed by atoms with E-state index in [1.165, 1.54) is 5.56 Å². The highest BCUT2D eigenvalue weighted by Crippen LogP contribution is 2.28. The van der Waals surface area contributed by atoms with Crippen LogP contribution in [0.15, 0.2) is 54.6 Å². The van der Waals surface area contributed by atoms with Crippen LogP contribution in [0, 0.1) is 6.92 Å². The fraction of sp³-hybridized carbons (Fsp3) is 0.360. The molecule has 168 valence electrons. The number of hydrogen-bond acceptors (Lipinski definition) is 5. The minimum Gasteiger partial charge on any atom is -0.497 e. The van der Waals surface area contributed by atoms with E-state index < -0.39 is 0 Å². The van der Waals surface area contributed by atoms with Crippen molar-refractivity contribution in [2.24, 2.45) is 0 Å². The Bertz CT molecular complexity index is 1070. The molecule has 7 nitrogen and oxygen atoms in total. The fourth-order valence-electron chi connectivity index (χ4n) is 4.30. The van der Waals surface area contributed by atoms with Gasteiger partial charge in [0.25, 0.3) is 0 Å². The SMILES string of the molecule is COCCN1C[C@@H](NC(=O)Nc2cc3ccc(OC)cc3nc2C)[C@H](c2ccccc2)C1. The molecule has 0 saturated carbocycles. The van der Waals surface area contributed by atoms with E-state index in [-0.39, 0.29) is 18.0 Å². The highest BCUT2D eigenvalue weighted by molar-refractivity contribution is 5.93. The number of fused-ring (bicyclic) bond motifs is 1. The first kappa shape index (κ1) is 22.0. The smallest absolute Gasteiger partial charge is 0.319 e. The lowest BCUT2D eigenvalue weighted by atomic mass is 9.94. The molecule has 0 spiro atoms. The molecule has 0 radical (unpaired) electrons. The zero-order valence-corrected chi connectivity index (χ0v) is 18.8. The average molecular weight is 435 g/mol. The second kappa shape index (κ2) is 9.97. The Balaban J connectivity index is 1.48. The molecule has 0 bridgehead atoms. The fourth-order valence-corrected chi connectivity index (χ4v) is 4.30. The molecular weight excluding hydrogens is 404 g/mol. The maximum Gasteiger partial charge on any atom is 0.319 e. The molecule has 1 fully saturated rings. The summed E-state index contributed by atoms with van der Waals surface area (Å²) < 4.78 is 10.5. The van der Waals surface area contributed by atoms with Gasteiger partial charge in [-0.2, -0.15) is 0 Å². The molecule has 1 aliphatic heterocycles. The minimum atomic E-state index is -0.220. The standard InChI is InChI=1S/C25H30N4O3/c1-17-22(13-19-9-10-20(32-3)14-23(19)26-17)27-25(30)28-24-16-29(11-12-31-2)15-21(24)18-7-5-4-6-8-18/h4-10,13-14,21,24H,11-12,15-16H2,1-3H3,(H2,27,28,30)/t21-,24+/m0/s1. The van der Waals surface area contributed by atoms with Crippen molar-refractivity contribution in [2.45, 2.75) is 18.9 Å². The van der Waals surface area contributed by atoms with Gasteiger partial charge in [-0.05, 0) is 30.7 Å². The monoisotopic (exact) mass is 434 g/mol. The van der Waals surface area contributed by atoms with Crippen molar-refractivity contribution in [3.8, 4) is 5.75 Å². The van der Waals surface area contributed by atoms with E-state index in [0.717, 1.165) is 42.0 Å². The first-order chi connectivity index (χ1) is 15.6. The Morgan fingerprint density at radius 1 is 1.12 bits per heavy atom. The summed E-state index contributed by atoms with van der Waals surface area (Å²) in [5.41, 5.74) is 3.52.